The highest BCUT2D eigenvalue weighted by Crippen LogP contribution is 2.56. The average molecular weight is 360 g/mol. The number of benzene rings is 2. The predicted octanol–water partition coefficient (Wildman–Crippen LogP) is 4.99. The normalized spacial score (nSPS) is 29.3. The molecule has 0 aliphatic heterocycles. The van der Waals surface area contributed by atoms with E-state index in [9.17, 15) is 10.2 Å². The molecular formula is C25H28O2. The fraction of sp³-hybridized carbons (Fsp3) is 0.440. The minimum absolute atomic E-state index is 0.0310. The average Bonchev–Trinajstić information content (AvgIpc) is 3.05. The fourth-order valence-corrected chi connectivity index (χ4v) is 6.21. The van der Waals surface area contributed by atoms with Crippen LogP contribution < -0.4 is 0 Å². The summed E-state index contributed by atoms with van der Waals surface area (Å²) in [4.78, 5) is 0. The highest BCUT2D eigenvalue weighted by molar-refractivity contribution is 5.56. The quantitative estimate of drug-likeness (QED) is 0.741. The molecular weight excluding hydrogens is 332 g/mol. The Balaban J connectivity index is 1.72. The van der Waals surface area contributed by atoms with E-state index < -0.39 is 0 Å². The number of hydrogen-bond acceptors (Lipinski definition) is 2. The van der Waals surface area contributed by atoms with Crippen molar-refractivity contribution in [2.24, 2.45) is 5.92 Å². The van der Waals surface area contributed by atoms with Crippen molar-refractivity contribution in [3.63, 3.8) is 0 Å². The maximum absolute atomic E-state index is 10.3. The number of allylic oxidation sites excluding steroid dienone is 1. The van der Waals surface area contributed by atoms with E-state index in [1.54, 1.807) is 11.1 Å². The number of aliphatic hydroxyl groups is 1. The Morgan fingerprint density at radius 1 is 1.07 bits per heavy atom. The van der Waals surface area contributed by atoms with Crippen LogP contribution in [0.1, 0.15) is 54.4 Å². The minimum Gasteiger partial charge on any atom is -0.508 e. The second kappa shape index (κ2) is 6.24. The summed E-state index contributed by atoms with van der Waals surface area (Å²) < 4.78 is 0. The van der Waals surface area contributed by atoms with Gasteiger partial charge in [-0.2, -0.15) is 0 Å². The number of fused-ring (bicyclic) bond motifs is 4. The number of hydrogen-bond donors (Lipinski definition) is 2. The summed E-state index contributed by atoms with van der Waals surface area (Å²) in [5, 5.41) is 20.6. The first kappa shape index (κ1) is 17.1. The maximum atomic E-state index is 10.3. The largest absolute Gasteiger partial charge is 0.508 e. The Hall–Kier alpha value is -2.06. The van der Waals surface area contributed by atoms with Crippen LogP contribution in [0.4, 0.5) is 0 Å². The lowest BCUT2D eigenvalue weighted by Gasteiger charge is -2.47. The summed E-state index contributed by atoms with van der Waals surface area (Å²) in [5.41, 5.74) is 8.41. The molecule has 0 spiro atoms. The molecule has 0 radical (unpaired) electrons. The smallest absolute Gasteiger partial charge is 0.118 e. The third-order valence-electron chi connectivity index (χ3n) is 7.45. The first-order valence-corrected chi connectivity index (χ1v) is 10.3. The van der Waals surface area contributed by atoms with Gasteiger partial charge in [0.1, 0.15) is 5.75 Å². The Morgan fingerprint density at radius 2 is 1.89 bits per heavy atom. The van der Waals surface area contributed by atoms with Crippen LogP contribution in [0, 0.1) is 12.8 Å². The fourth-order valence-electron chi connectivity index (χ4n) is 6.21. The molecule has 5 rings (SSSR count). The number of phenolic OH excluding ortho intramolecular Hbond substituents is 1. The van der Waals surface area contributed by atoms with Crippen molar-refractivity contribution in [3.05, 3.63) is 75.9 Å². The third kappa shape index (κ3) is 2.57. The summed E-state index contributed by atoms with van der Waals surface area (Å²) >= 11 is 0. The van der Waals surface area contributed by atoms with Gasteiger partial charge in [-0.05, 0) is 86.1 Å². The molecule has 140 valence electrons. The summed E-state index contributed by atoms with van der Waals surface area (Å²) in [7, 11) is 0. The van der Waals surface area contributed by atoms with Crippen molar-refractivity contribution >= 4 is 0 Å². The predicted molar refractivity (Wildman–Crippen MR) is 108 cm³/mol. The molecule has 0 amide bonds. The number of aliphatic hydroxyl groups excluding tert-OH is 1. The second-order valence-corrected chi connectivity index (χ2v) is 8.81. The zero-order valence-corrected chi connectivity index (χ0v) is 16.0. The van der Waals surface area contributed by atoms with E-state index in [0.29, 0.717) is 11.7 Å². The van der Waals surface area contributed by atoms with Gasteiger partial charge in [0.2, 0.25) is 0 Å². The van der Waals surface area contributed by atoms with Gasteiger partial charge in [0.15, 0.2) is 0 Å². The standard InChI is InChI=1S/C25H28O2/c1-16-20-7-8-23-21-14-19(26)13-18(21)11-12-25(23,22(20)9-10-24(16)27)15-17-5-3-2-4-6-17/h2-6,9-10,18-19,26-27H,7-8,11-15H2,1H3. The molecule has 0 heterocycles. The molecule has 1 fully saturated rings. The molecule has 3 unspecified atom stereocenters. The van der Waals surface area contributed by atoms with Crippen molar-refractivity contribution in [1.29, 1.82) is 0 Å². The van der Waals surface area contributed by atoms with Crippen molar-refractivity contribution in [1.82, 2.24) is 0 Å². The summed E-state index contributed by atoms with van der Waals surface area (Å²) in [6.45, 7) is 2.06. The van der Waals surface area contributed by atoms with Crippen LogP contribution >= 0.6 is 0 Å². The molecule has 3 aliphatic rings. The van der Waals surface area contributed by atoms with E-state index in [4.69, 9.17) is 0 Å². The molecule has 3 aliphatic carbocycles. The van der Waals surface area contributed by atoms with Crippen LogP contribution in [0.2, 0.25) is 0 Å². The molecule has 3 atom stereocenters. The molecule has 0 saturated heterocycles. The highest BCUT2D eigenvalue weighted by Gasteiger charge is 2.48. The molecule has 0 aromatic heterocycles. The van der Waals surface area contributed by atoms with Crippen molar-refractivity contribution in [3.8, 4) is 5.75 Å². The first-order chi connectivity index (χ1) is 13.1. The molecule has 2 nitrogen and oxygen atoms in total. The first-order valence-electron chi connectivity index (χ1n) is 10.3. The van der Waals surface area contributed by atoms with Crippen LogP contribution in [0.3, 0.4) is 0 Å². The van der Waals surface area contributed by atoms with Gasteiger partial charge in [-0.25, -0.2) is 0 Å². The van der Waals surface area contributed by atoms with E-state index in [-0.39, 0.29) is 11.5 Å². The van der Waals surface area contributed by atoms with Gasteiger partial charge in [0.25, 0.3) is 0 Å². The molecule has 2 heteroatoms. The molecule has 2 aromatic carbocycles. The lowest BCUT2D eigenvalue weighted by molar-refractivity contribution is 0.177. The SMILES string of the molecule is Cc1c(O)ccc2c1CCC1=C3CC(O)CC3CCC12Cc1ccccc1. The van der Waals surface area contributed by atoms with Crippen molar-refractivity contribution in [2.75, 3.05) is 0 Å². The lowest BCUT2D eigenvalue weighted by atomic mass is 9.56. The Labute approximate surface area is 161 Å². The Morgan fingerprint density at radius 3 is 2.70 bits per heavy atom. The van der Waals surface area contributed by atoms with Crippen LogP contribution in [0.15, 0.2) is 53.6 Å². The topological polar surface area (TPSA) is 40.5 Å². The van der Waals surface area contributed by atoms with E-state index in [2.05, 4.69) is 43.3 Å². The second-order valence-electron chi connectivity index (χ2n) is 8.81. The van der Waals surface area contributed by atoms with Crippen molar-refractivity contribution < 1.29 is 10.2 Å². The Bertz CT molecular complexity index is 911. The van der Waals surface area contributed by atoms with Gasteiger partial charge >= 0.3 is 0 Å². The number of aromatic hydroxyl groups is 1. The van der Waals surface area contributed by atoms with Crippen LogP contribution in [-0.2, 0) is 18.3 Å². The molecule has 1 saturated carbocycles. The monoisotopic (exact) mass is 360 g/mol. The Kier molecular flexibility index (Phi) is 3.94. The van der Waals surface area contributed by atoms with E-state index in [0.717, 1.165) is 44.1 Å². The minimum atomic E-state index is -0.159. The lowest BCUT2D eigenvalue weighted by Crippen LogP contribution is -2.40. The number of rotatable bonds is 2. The summed E-state index contributed by atoms with van der Waals surface area (Å²) in [6.07, 6.45) is 7.07. The van der Waals surface area contributed by atoms with Gasteiger partial charge < -0.3 is 10.2 Å². The molecule has 0 bridgehead atoms. The van der Waals surface area contributed by atoms with Gasteiger partial charge in [-0.1, -0.05) is 47.5 Å². The van der Waals surface area contributed by atoms with Gasteiger partial charge in [-0.3, -0.25) is 0 Å². The third-order valence-corrected chi connectivity index (χ3v) is 7.45. The zero-order valence-electron chi connectivity index (χ0n) is 16.0. The van der Waals surface area contributed by atoms with E-state index >= 15 is 0 Å². The van der Waals surface area contributed by atoms with Crippen LogP contribution in [0.25, 0.3) is 0 Å². The van der Waals surface area contributed by atoms with Crippen molar-refractivity contribution in [2.45, 2.75) is 63.4 Å². The number of phenols is 1. The van der Waals surface area contributed by atoms with Crippen LogP contribution in [-0.4, -0.2) is 16.3 Å². The van der Waals surface area contributed by atoms with Gasteiger partial charge in [-0.15, -0.1) is 0 Å². The van der Waals surface area contributed by atoms with Crippen LogP contribution in [0.5, 0.6) is 5.75 Å². The zero-order chi connectivity index (χ0) is 18.6. The van der Waals surface area contributed by atoms with Gasteiger partial charge in [0.05, 0.1) is 6.10 Å². The molecule has 2 aromatic rings. The molecule has 2 N–H and O–H groups in total. The summed E-state index contributed by atoms with van der Waals surface area (Å²) in [5.74, 6) is 1.00. The highest BCUT2D eigenvalue weighted by atomic mass is 16.3. The maximum Gasteiger partial charge on any atom is 0.118 e. The summed E-state index contributed by atoms with van der Waals surface area (Å²) in [6, 6.07) is 14.9. The van der Waals surface area contributed by atoms with E-state index in [1.807, 2.05) is 6.07 Å². The van der Waals surface area contributed by atoms with Gasteiger partial charge in [0, 0.05) is 5.41 Å². The molecule has 27 heavy (non-hydrogen) atoms. The van der Waals surface area contributed by atoms with E-state index in [1.165, 1.54) is 23.1 Å².